The highest BCUT2D eigenvalue weighted by Crippen LogP contribution is 2.23. The number of halogens is 1. The molecule has 2 rings (SSSR count). The molecule has 1 unspecified atom stereocenters. The standard InChI is InChI=1S/C14H17BrN2O3S/c1-10(4-5-11-3-2-8-20-11)17-21(18,19)12-6-7-14(16)13(15)9-12/h2-3,6-10,17H,4-5,16H2,1H3. The van der Waals surface area contributed by atoms with Gasteiger partial charge in [-0.1, -0.05) is 0 Å². The fourth-order valence-corrected chi connectivity index (χ4v) is 3.71. The van der Waals surface area contributed by atoms with Crippen LogP contribution in [0.25, 0.3) is 0 Å². The summed E-state index contributed by atoms with van der Waals surface area (Å²) in [4.78, 5) is 0.188. The van der Waals surface area contributed by atoms with Gasteiger partial charge in [0.15, 0.2) is 0 Å². The molecule has 0 bridgehead atoms. The first-order chi connectivity index (χ1) is 9.88. The molecule has 1 heterocycles. The van der Waals surface area contributed by atoms with Gasteiger partial charge >= 0.3 is 0 Å². The van der Waals surface area contributed by atoms with E-state index in [-0.39, 0.29) is 10.9 Å². The number of furan rings is 1. The Morgan fingerprint density at radius 1 is 1.38 bits per heavy atom. The van der Waals surface area contributed by atoms with E-state index in [1.54, 1.807) is 12.3 Å². The highest BCUT2D eigenvalue weighted by atomic mass is 79.9. The summed E-state index contributed by atoms with van der Waals surface area (Å²) in [5, 5.41) is 0. The van der Waals surface area contributed by atoms with Crippen LogP contribution in [0, 0.1) is 0 Å². The maximum absolute atomic E-state index is 12.3. The second kappa shape index (κ2) is 6.64. The van der Waals surface area contributed by atoms with Gasteiger partial charge in [0.25, 0.3) is 0 Å². The lowest BCUT2D eigenvalue weighted by molar-refractivity contribution is 0.480. The molecule has 114 valence electrons. The first kappa shape index (κ1) is 16.1. The minimum Gasteiger partial charge on any atom is -0.469 e. The molecular weight excluding hydrogens is 356 g/mol. The molecule has 0 radical (unpaired) electrons. The maximum atomic E-state index is 12.3. The molecule has 21 heavy (non-hydrogen) atoms. The molecule has 1 atom stereocenters. The number of sulfonamides is 1. The van der Waals surface area contributed by atoms with Gasteiger partial charge in [0.1, 0.15) is 5.76 Å². The van der Waals surface area contributed by atoms with Crippen molar-refractivity contribution in [2.45, 2.75) is 30.7 Å². The summed E-state index contributed by atoms with van der Waals surface area (Å²) in [6.45, 7) is 1.83. The zero-order valence-electron chi connectivity index (χ0n) is 11.5. The Kier molecular flexibility index (Phi) is 5.08. The summed E-state index contributed by atoms with van der Waals surface area (Å²) < 4.78 is 33.0. The second-order valence-electron chi connectivity index (χ2n) is 4.82. The van der Waals surface area contributed by atoms with E-state index in [9.17, 15) is 8.42 Å². The Morgan fingerprint density at radius 3 is 2.76 bits per heavy atom. The molecule has 0 saturated heterocycles. The van der Waals surface area contributed by atoms with E-state index in [4.69, 9.17) is 10.2 Å². The smallest absolute Gasteiger partial charge is 0.240 e. The number of anilines is 1. The zero-order valence-corrected chi connectivity index (χ0v) is 13.9. The molecule has 0 aliphatic heterocycles. The average molecular weight is 373 g/mol. The number of benzene rings is 1. The van der Waals surface area contributed by atoms with E-state index in [1.165, 1.54) is 12.1 Å². The number of hydrogen-bond donors (Lipinski definition) is 2. The van der Waals surface area contributed by atoms with Crippen molar-refractivity contribution in [3.63, 3.8) is 0 Å². The summed E-state index contributed by atoms with van der Waals surface area (Å²) in [5.41, 5.74) is 6.16. The molecule has 0 aliphatic carbocycles. The van der Waals surface area contributed by atoms with Gasteiger partial charge in [0.2, 0.25) is 10.0 Å². The van der Waals surface area contributed by atoms with E-state index in [0.29, 0.717) is 23.0 Å². The van der Waals surface area contributed by atoms with E-state index < -0.39 is 10.0 Å². The van der Waals surface area contributed by atoms with Crippen LogP contribution in [0.3, 0.4) is 0 Å². The Labute approximate surface area is 132 Å². The van der Waals surface area contributed by atoms with Gasteiger partial charge in [-0.05, 0) is 59.6 Å². The third-order valence-electron chi connectivity index (χ3n) is 3.04. The molecule has 0 amide bonds. The predicted octanol–water partition coefficient (Wildman–Crippen LogP) is 2.92. The second-order valence-corrected chi connectivity index (χ2v) is 7.39. The van der Waals surface area contributed by atoms with Crippen LogP contribution in [0.2, 0.25) is 0 Å². The monoisotopic (exact) mass is 372 g/mol. The number of aryl methyl sites for hydroxylation is 1. The first-order valence-corrected chi connectivity index (χ1v) is 8.76. The van der Waals surface area contributed by atoms with Gasteiger partial charge in [0.05, 0.1) is 11.2 Å². The van der Waals surface area contributed by atoms with Crippen LogP contribution in [0.15, 0.2) is 50.4 Å². The number of nitrogens with two attached hydrogens (primary N) is 1. The summed E-state index contributed by atoms with van der Waals surface area (Å²) in [6.07, 6.45) is 2.95. The topological polar surface area (TPSA) is 85.3 Å². The Morgan fingerprint density at radius 2 is 2.14 bits per heavy atom. The molecule has 2 aromatic rings. The lowest BCUT2D eigenvalue weighted by Gasteiger charge is -2.14. The normalized spacial score (nSPS) is 13.2. The molecule has 5 nitrogen and oxygen atoms in total. The van der Waals surface area contributed by atoms with Crippen LogP contribution in [0.1, 0.15) is 19.1 Å². The third-order valence-corrected chi connectivity index (χ3v) is 5.32. The molecule has 1 aromatic heterocycles. The van der Waals surface area contributed by atoms with Crippen molar-refractivity contribution in [2.75, 3.05) is 5.73 Å². The van der Waals surface area contributed by atoms with Crippen LogP contribution in [-0.4, -0.2) is 14.5 Å². The largest absolute Gasteiger partial charge is 0.469 e. The van der Waals surface area contributed by atoms with Crippen LogP contribution >= 0.6 is 15.9 Å². The van der Waals surface area contributed by atoms with Gasteiger partial charge in [-0.25, -0.2) is 13.1 Å². The van der Waals surface area contributed by atoms with Gasteiger partial charge in [0, 0.05) is 22.6 Å². The number of nitrogens with one attached hydrogen (secondary N) is 1. The van der Waals surface area contributed by atoms with Crippen LogP contribution < -0.4 is 10.5 Å². The number of nitrogen functional groups attached to an aromatic ring is 1. The van der Waals surface area contributed by atoms with Crippen LogP contribution in [0.4, 0.5) is 5.69 Å². The molecule has 0 fully saturated rings. The van der Waals surface area contributed by atoms with Gasteiger partial charge in [-0.15, -0.1) is 0 Å². The SMILES string of the molecule is CC(CCc1ccco1)NS(=O)(=O)c1ccc(N)c(Br)c1. The zero-order chi connectivity index (χ0) is 15.5. The highest BCUT2D eigenvalue weighted by molar-refractivity contribution is 9.10. The minimum absolute atomic E-state index is 0.188. The number of hydrogen-bond acceptors (Lipinski definition) is 4. The first-order valence-electron chi connectivity index (χ1n) is 6.48. The highest BCUT2D eigenvalue weighted by Gasteiger charge is 2.18. The Hall–Kier alpha value is -1.31. The lowest BCUT2D eigenvalue weighted by atomic mass is 10.2. The van der Waals surface area contributed by atoms with E-state index in [1.807, 2.05) is 19.1 Å². The van der Waals surface area contributed by atoms with Crippen molar-refractivity contribution in [3.8, 4) is 0 Å². The minimum atomic E-state index is -3.56. The van der Waals surface area contributed by atoms with Gasteiger partial charge in [-0.3, -0.25) is 0 Å². The Balaban J connectivity index is 2.01. The molecule has 0 saturated carbocycles. The van der Waals surface area contributed by atoms with Crippen LogP contribution in [-0.2, 0) is 16.4 Å². The molecule has 1 aromatic carbocycles. The number of rotatable bonds is 6. The lowest BCUT2D eigenvalue weighted by Crippen LogP contribution is -2.32. The van der Waals surface area contributed by atoms with Gasteiger partial charge < -0.3 is 10.2 Å². The quantitative estimate of drug-likeness (QED) is 0.763. The van der Waals surface area contributed by atoms with Gasteiger partial charge in [-0.2, -0.15) is 0 Å². The average Bonchev–Trinajstić information content (AvgIpc) is 2.92. The van der Waals surface area contributed by atoms with E-state index >= 15 is 0 Å². The molecule has 0 spiro atoms. The summed E-state index contributed by atoms with van der Waals surface area (Å²) in [6, 6.07) is 8.04. The van der Waals surface area contributed by atoms with Crippen molar-refractivity contribution < 1.29 is 12.8 Å². The molecule has 3 N–H and O–H groups in total. The molecule has 0 aliphatic rings. The predicted molar refractivity (Wildman–Crippen MR) is 85.4 cm³/mol. The van der Waals surface area contributed by atoms with E-state index in [0.717, 1.165) is 5.76 Å². The van der Waals surface area contributed by atoms with Crippen molar-refractivity contribution in [1.82, 2.24) is 4.72 Å². The molecule has 7 heteroatoms. The summed E-state index contributed by atoms with van der Waals surface area (Å²) >= 11 is 3.23. The van der Waals surface area contributed by atoms with Crippen molar-refractivity contribution in [1.29, 1.82) is 0 Å². The van der Waals surface area contributed by atoms with Crippen molar-refractivity contribution in [3.05, 3.63) is 46.8 Å². The molecular formula is C14H17BrN2O3S. The third kappa shape index (κ3) is 4.33. The maximum Gasteiger partial charge on any atom is 0.240 e. The van der Waals surface area contributed by atoms with Crippen LogP contribution in [0.5, 0.6) is 0 Å². The van der Waals surface area contributed by atoms with Crippen molar-refractivity contribution in [2.24, 2.45) is 0 Å². The fourth-order valence-electron chi connectivity index (χ4n) is 1.88. The fraction of sp³-hybridized carbons (Fsp3) is 0.286. The van der Waals surface area contributed by atoms with E-state index in [2.05, 4.69) is 20.7 Å². The van der Waals surface area contributed by atoms with Crippen molar-refractivity contribution >= 4 is 31.6 Å². The Bertz CT molecular complexity index is 699. The summed E-state index contributed by atoms with van der Waals surface area (Å²) in [7, 11) is -3.56. The summed E-state index contributed by atoms with van der Waals surface area (Å²) in [5.74, 6) is 0.844.